The van der Waals surface area contributed by atoms with Gasteiger partial charge in [0.25, 0.3) is 0 Å². The molecule has 3 heterocycles. The molecule has 0 N–H and O–H groups in total. The van der Waals surface area contributed by atoms with Crippen LogP contribution in [0.4, 0.5) is 0 Å². The molecule has 1 aliphatic heterocycles. The maximum Gasteiger partial charge on any atom is 0.244 e. The number of amides is 1. The number of carbonyl (C=O) groups excluding carboxylic acids is 1. The number of aromatic nitrogens is 3. The topological polar surface area (TPSA) is 63.5 Å². The van der Waals surface area contributed by atoms with Crippen molar-refractivity contribution in [2.24, 2.45) is 0 Å². The molecule has 7 nitrogen and oxygen atoms in total. The van der Waals surface area contributed by atoms with Crippen molar-refractivity contribution in [1.29, 1.82) is 0 Å². The van der Waals surface area contributed by atoms with Crippen molar-refractivity contribution in [1.82, 2.24) is 24.6 Å². The van der Waals surface area contributed by atoms with E-state index in [4.69, 9.17) is 27.9 Å². The van der Waals surface area contributed by atoms with Crippen LogP contribution in [0.3, 0.4) is 0 Å². The summed E-state index contributed by atoms with van der Waals surface area (Å²) < 4.78 is 7.00. The number of piperazine rings is 1. The van der Waals surface area contributed by atoms with Crippen LogP contribution >= 0.6 is 23.2 Å². The number of fused-ring (bicyclic) bond motifs is 1. The van der Waals surface area contributed by atoms with E-state index < -0.39 is 0 Å². The molecule has 1 fully saturated rings. The van der Waals surface area contributed by atoms with Gasteiger partial charge in [0.1, 0.15) is 12.3 Å². The standard InChI is InChI=1S/C27H27Cl2N5O2/c1-18-26-21(19-6-8-20(36-2)9-7-19)10-11-30-27(26)34(31-18)17-25(35)33-14-12-32(13-15-33)16-22-23(28)4-3-5-24(22)29/h3-11H,12-17H2,1-2H3. The Bertz CT molecular complexity index is 1380. The van der Waals surface area contributed by atoms with Crippen molar-refractivity contribution < 1.29 is 9.53 Å². The lowest BCUT2D eigenvalue weighted by molar-refractivity contribution is -0.133. The molecule has 0 unspecified atom stereocenters. The third kappa shape index (κ3) is 4.91. The van der Waals surface area contributed by atoms with Gasteiger partial charge < -0.3 is 9.64 Å². The minimum absolute atomic E-state index is 0.0338. The lowest BCUT2D eigenvalue weighted by Crippen LogP contribution is -2.49. The SMILES string of the molecule is COc1ccc(-c2ccnc3c2c(C)nn3CC(=O)N2CCN(Cc3c(Cl)cccc3Cl)CC2)cc1. The number of methoxy groups -OCH3 is 1. The summed E-state index contributed by atoms with van der Waals surface area (Å²) in [4.78, 5) is 21.9. The van der Waals surface area contributed by atoms with Crippen molar-refractivity contribution in [3.05, 3.63) is 76.0 Å². The Hall–Kier alpha value is -3.13. The Labute approximate surface area is 220 Å². The number of hydrogen-bond donors (Lipinski definition) is 0. The Morgan fingerprint density at radius 1 is 1.00 bits per heavy atom. The van der Waals surface area contributed by atoms with Gasteiger partial charge in [-0.3, -0.25) is 9.69 Å². The number of hydrogen-bond acceptors (Lipinski definition) is 5. The molecule has 2 aromatic carbocycles. The van der Waals surface area contributed by atoms with E-state index in [9.17, 15) is 4.79 Å². The third-order valence-corrected chi connectivity index (χ3v) is 7.37. The number of rotatable bonds is 6. The molecule has 5 rings (SSSR count). The monoisotopic (exact) mass is 523 g/mol. The number of pyridine rings is 1. The Kier molecular flexibility index (Phi) is 7.14. The van der Waals surface area contributed by atoms with Gasteiger partial charge in [0.15, 0.2) is 5.65 Å². The van der Waals surface area contributed by atoms with Crippen LogP contribution in [-0.2, 0) is 17.9 Å². The van der Waals surface area contributed by atoms with Gasteiger partial charge in [0.05, 0.1) is 12.8 Å². The van der Waals surface area contributed by atoms with Gasteiger partial charge in [0, 0.05) is 59.9 Å². The predicted molar refractivity (Wildman–Crippen MR) is 143 cm³/mol. The van der Waals surface area contributed by atoms with Crippen LogP contribution in [0.25, 0.3) is 22.2 Å². The van der Waals surface area contributed by atoms with Gasteiger partial charge >= 0.3 is 0 Å². The summed E-state index contributed by atoms with van der Waals surface area (Å²) in [6.07, 6.45) is 1.77. The van der Waals surface area contributed by atoms with Crippen LogP contribution in [0.15, 0.2) is 54.7 Å². The second-order valence-electron chi connectivity index (χ2n) is 8.89. The van der Waals surface area contributed by atoms with Crippen LogP contribution in [0.1, 0.15) is 11.3 Å². The number of carbonyl (C=O) groups is 1. The minimum Gasteiger partial charge on any atom is -0.497 e. The number of nitrogens with zero attached hydrogens (tertiary/aromatic N) is 5. The molecule has 0 bridgehead atoms. The zero-order valence-corrected chi connectivity index (χ0v) is 21.8. The first-order valence-electron chi connectivity index (χ1n) is 11.8. The second kappa shape index (κ2) is 10.5. The molecular formula is C27H27Cl2N5O2. The van der Waals surface area contributed by atoms with Gasteiger partial charge in [-0.25, -0.2) is 9.67 Å². The fraction of sp³-hybridized carbons (Fsp3) is 0.296. The van der Waals surface area contributed by atoms with Crippen LogP contribution < -0.4 is 4.74 Å². The molecule has 0 atom stereocenters. The van der Waals surface area contributed by atoms with Crippen molar-refractivity contribution in [2.75, 3.05) is 33.3 Å². The summed E-state index contributed by atoms with van der Waals surface area (Å²) in [5.41, 5.74) is 4.56. The summed E-state index contributed by atoms with van der Waals surface area (Å²) >= 11 is 12.7. The average Bonchev–Trinajstić information content (AvgIpc) is 3.22. The molecule has 9 heteroatoms. The van der Waals surface area contributed by atoms with E-state index in [0.29, 0.717) is 35.3 Å². The molecule has 0 aliphatic carbocycles. The number of ether oxygens (including phenoxy) is 1. The van der Waals surface area contributed by atoms with Crippen molar-refractivity contribution in [2.45, 2.75) is 20.0 Å². The maximum absolute atomic E-state index is 13.2. The average molecular weight is 524 g/mol. The first-order valence-corrected chi connectivity index (χ1v) is 12.6. The lowest BCUT2D eigenvalue weighted by atomic mass is 10.0. The van der Waals surface area contributed by atoms with E-state index in [-0.39, 0.29) is 12.5 Å². The van der Waals surface area contributed by atoms with Crippen LogP contribution in [0, 0.1) is 6.92 Å². The Balaban J connectivity index is 1.28. The normalized spacial score (nSPS) is 14.4. The van der Waals surface area contributed by atoms with E-state index in [0.717, 1.165) is 46.6 Å². The lowest BCUT2D eigenvalue weighted by Gasteiger charge is -2.35. The molecule has 2 aromatic heterocycles. The van der Waals surface area contributed by atoms with Gasteiger partial charge in [-0.05, 0) is 48.4 Å². The van der Waals surface area contributed by atoms with E-state index in [1.165, 1.54) is 0 Å². The summed E-state index contributed by atoms with van der Waals surface area (Å²) in [7, 11) is 1.65. The fourth-order valence-corrected chi connectivity index (χ4v) is 5.21. The van der Waals surface area contributed by atoms with E-state index in [1.807, 2.05) is 60.4 Å². The molecular weight excluding hydrogens is 497 g/mol. The summed E-state index contributed by atoms with van der Waals surface area (Å²) in [5.74, 6) is 0.837. The molecule has 0 saturated carbocycles. The van der Waals surface area contributed by atoms with Crippen LogP contribution in [-0.4, -0.2) is 63.8 Å². The number of halogens is 2. The summed E-state index contributed by atoms with van der Waals surface area (Å²) in [6, 6.07) is 15.4. The van der Waals surface area contributed by atoms with E-state index in [1.54, 1.807) is 18.0 Å². The number of aryl methyl sites for hydroxylation is 1. The quantitative estimate of drug-likeness (QED) is 0.353. The molecule has 0 spiro atoms. The fourth-order valence-electron chi connectivity index (χ4n) is 4.69. The highest BCUT2D eigenvalue weighted by atomic mass is 35.5. The van der Waals surface area contributed by atoms with Crippen LogP contribution in [0.5, 0.6) is 5.75 Å². The Morgan fingerprint density at radius 3 is 2.36 bits per heavy atom. The molecule has 36 heavy (non-hydrogen) atoms. The zero-order chi connectivity index (χ0) is 25.2. The van der Waals surface area contributed by atoms with Gasteiger partial charge in [-0.2, -0.15) is 5.10 Å². The zero-order valence-electron chi connectivity index (χ0n) is 20.2. The predicted octanol–water partition coefficient (Wildman–Crippen LogP) is 5.07. The van der Waals surface area contributed by atoms with Gasteiger partial charge in [-0.1, -0.05) is 41.4 Å². The first-order chi connectivity index (χ1) is 17.4. The highest BCUT2D eigenvalue weighted by molar-refractivity contribution is 6.35. The van der Waals surface area contributed by atoms with Crippen LogP contribution in [0.2, 0.25) is 10.0 Å². The largest absolute Gasteiger partial charge is 0.497 e. The van der Waals surface area contributed by atoms with Crippen molar-refractivity contribution in [3.8, 4) is 16.9 Å². The van der Waals surface area contributed by atoms with E-state index in [2.05, 4.69) is 15.0 Å². The molecule has 4 aromatic rings. The minimum atomic E-state index is 0.0338. The van der Waals surface area contributed by atoms with Gasteiger partial charge in [-0.15, -0.1) is 0 Å². The Morgan fingerprint density at radius 2 is 1.69 bits per heavy atom. The summed E-state index contributed by atoms with van der Waals surface area (Å²) in [5, 5.41) is 6.97. The highest BCUT2D eigenvalue weighted by Crippen LogP contribution is 2.31. The molecule has 1 saturated heterocycles. The third-order valence-electron chi connectivity index (χ3n) is 6.66. The maximum atomic E-state index is 13.2. The van der Waals surface area contributed by atoms with Crippen molar-refractivity contribution >= 4 is 40.1 Å². The highest BCUT2D eigenvalue weighted by Gasteiger charge is 2.24. The summed E-state index contributed by atoms with van der Waals surface area (Å²) in [6.45, 7) is 5.57. The molecule has 0 radical (unpaired) electrons. The van der Waals surface area contributed by atoms with Gasteiger partial charge in [0.2, 0.25) is 5.91 Å². The smallest absolute Gasteiger partial charge is 0.244 e. The molecule has 186 valence electrons. The second-order valence-corrected chi connectivity index (χ2v) is 9.70. The molecule has 1 amide bonds. The molecule has 1 aliphatic rings. The van der Waals surface area contributed by atoms with Crippen molar-refractivity contribution in [3.63, 3.8) is 0 Å². The van der Waals surface area contributed by atoms with E-state index >= 15 is 0 Å². The number of benzene rings is 2. The first kappa shape index (κ1) is 24.6.